The highest BCUT2D eigenvalue weighted by atomic mass is 35.5. The van der Waals surface area contributed by atoms with E-state index in [9.17, 15) is 4.79 Å². The Bertz CT molecular complexity index is 1050. The third kappa shape index (κ3) is 5.80. The predicted molar refractivity (Wildman–Crippen MR) is 132 cm³/mol. The molecule has 1 aliphatic heterocycles. The van der Waals surface area contributed by atoms with E-state index in [1.165, 1.54) is 0 Å². The SMILES string of the molecule is O=C1[C@H](Cc2ccccc2)NC/C=C\C[C@@H](c2ccc(Cl)cc2)N1Cc1ccc(Cl)cc1. The van der Waals surface area contributed by atoms with Crippen molar-refractivity contribution in [1.29, 1.82) is 0 Å². The van der Waals surface area contributed by atoms with Crippen molar-refractivity contribution >= 4 is 29.1 Å². The minimum Gasteiger partial charge on any atom is -0.330 e. The molecule has 4 rings (SSSR count). The molecule has 0 radical (unpaired) electrons. The molecular weight excluding hydrogens is 439 g/mol. The van der Waals surface area contributed by atoms with Crippen molar-refractivity contribution in [3.8, 4) is 0 Å². The number of amides is 1. The lowest BCUT2D eigenvalue weighted by Gasteiger charge is -2.34. The summed E-state index contributed by atoms with van der Waals surface area (Å²) >= 11 is 12.2. The number of hydrogen-bond acceptors (Lipinski definition) is 2. The maximum Gasteiger partial charge on any atom is 0.240 e. The fourth-order valence-electron chi connectivity index (χ4n) is 4.07. The van der Waals surface area contributed by atoms with Crippen LogP contribution in [-0.4, -0.2) is 23.4 Å². The van der Waals surface area contributed by atoms with E-state index in [4.69, 9.17) is 23.2 Å². The molecule has 0 bridgehead atoms. The molecule has 1 heterocycles. The Morgan fingerprint density at radius 3 is 2.16 bits per heavy atom. The number of hydrogen-bond donors (Lipinski definition) is 1. The third-order valence-corrected chi connectivity index (χ3v) is 6.27. The summed E-state index contributed by atoms with van der Waals surface area (Å²) in [5, 5.41) is 4.82. The van der Waals surface area contributed by atoms with Crippen LogP contribution >= 0.6 is 23.2 Å². The number of benzene rings is 3. The fourth-order valence-corrected chi connectivity index (χ4v) is 4.32. The van der Waals surface area contributed by atoms with E-state index in [1.807, 2.05) is 71.6 Å². The zero-order valence-corrected chi connectivity index (χ0v) is 19.3. The largest absolute Gasteiger partial charge is 0.330 e. The van der Waals surface area contributed by atoms with E-state index in [2.05, 4.69) is 29.6 Å². The second kappa shape index (κ2) is 10.8. The third-order valence-electron chi connectivity index (χ3n) is 5.77. The van der Waals surface area contributed by atoms with Gasteiger partial charge < -0.3 is 10.2 Å². The second-order valence-corrected chi connectivity index (χ2v) is 8.89. The lowest BCUT2D eigenvalue weighted by atomic mass is 9.98. The van der Waals surface area contributed by atoms with Crippen LogP contribution in [0.4, 0.5) is 0 Å². The first-order chi connectivity index (χ1) is 15.6. The summed E-state index contributed by atoms with van der Waals surface area (Å²) in [6.07, 6.45) is 5.64. The van der Waals surface area contributed by atoms with Gasteiger partial charge in [0.25, 0.3) is 0 Å². The second-order valence-electron chi connectivity index (χ2n) is 8.02. The van der Waals surface area contributed by atoms with Gasteiger partial charge in [-0.3, -0.25) is 4.79 Å². The van der Waals surface area contributed by atoms with E-state index in [-0.39, 0.29) is 18.0 Å². The van der Waals surface area contributed by atoms with Gasteiger partial charge in [0, 0.05) is 23.1 Å². The molecule has 0 fully saturated rings. The van der Waals surface area contributed by atoms with Gasteiger partial charge in [-0.25, -0.2) is 0 Å². The Morgan fingerprint density at radius 2 is 1.47 bits per heavy atom. The van der Waals surface area contributed by atoms with Crippen LogP contribution in [-0.2, 0) is 17.8 Å². The molecule has 3 aromatic carbocycles. The Balaban J connectivity index is 1.70. The molecule has 3 aromatic rings. The topological polar surface area (TPSA) is 32.3 Å². The molecule has 1 aliphatic rings. The number of rotatable bonds is 5. The zero-order valence-electron chi connectivity index (χ0n) is 17.8. The molecule has 5 heteroatoms. The Labute approximate surface area is 199 Å². The monoisotopic (exact) mass is 464 g/mol. The van der Waals surface area contributed by atoms with Crippen LogP contribution < -0.4 is 5.32 Å². The molecule has 164 valence electrons. The van der Waals surface area contributed by atoms with Crippen LogP contribution in [0.5, 0.6) is 0 Å². The van der Waals surface area contributed by atoms with Gasteiger partial charge in [0.1, 0.15) is 0 Å². The van der Waals surface area contributed by atoms with E-state index >= 15 is 0 Å². The number of halogens is 2. The molecule has 0 saturated heterocycles. The average molecular weight is 465 g/mol. The van der Waals surface area contributed by atoms with Crippen molar-refractivity contribution in [3.63, 3.8) is 0 Å². The van der Waals surface area contributed by atoms with Gasteiger partial charge in [-0.2, -0.15) is 0 Å². The van der Waals surface area contributed by atoms with Crippen molar-refractivity contribution in [3.05, 3.63) is 118 Å². The Kier molecular flexibility index (Phi) is 7.64. The summed E-state index contributed by atoms with van der Waals surface area (Å²) in [5.41, 5.74) is 3.25. The average Bonchev–Trinajstić information content (AvgIpc) is 2.88. The Morgan fingerprint density at radius 1 is 0.812 bits per heavy atom. The quantitative estimate of drug-likeness (QED) is 0.454. The number of carbonyl (C=O) groups excluding carboxylic acids is 1. The van der Waals surface area contributed by atoms with Crippen molar-refractivity contribution in [2.75, 3.05) is 6.54 Å². The van der Waals surface area contributed by atoms with Gasteiger partial charge in [0.2, 0.25) is 5.91 Å². The predicted octanol–water partition coefficient (Wildman–Crippen LogP) is 6.22. The molecule has 0 aromatic heterocycles. The summed E-state index contributed by atoms with van der Waals surface area (Å²) in [4.78, 5) is 15.9. The first kappa shape index (κ1) is 22.6. The minimum atomic E-state index is -0.317. The molecule has 0 saturated carbocycles. The lowest BCUT2D eigenvalue weighted by molar-refractivity contribution is -0.136. The molecule has 2 atom stereocenters. The van der Waals surface area contributed by atoms with E-state index in [1.54, 1.807) is 0 Å². The van der Waals surface area contributed by atoms with Crippen LogP contribution in [0.1, 0.15) is 29.2 Å². The van der Waals surface area contributed by atoms with Gasteiger partial charge in [0.15, 0.2) is 0 Å². The minimum absolute atomic E-state index is 0.0902. The van der Waals surface area contributed by atoms with Gasteiger partial charge in [0.05, 0.1) is 12.1 Å². The van der Waals surface area contributed by atoms with Gasteiger partial charge in [-0.05, 0) is 53.8 Å². The van der Waals surface area contributed by atoms with Gasteiger partial charge in [-0.15, -0.1) is 0 Å². The van der Waals surface area contributed by atoms with E-state index in [0.29, 0.717) is 29.6 Å². The number of carbonyl (C=O) groups is 1. The highest BCUT2D eigenvalue weighted by molar-refractivity contribution is 6.30. The summed E-state index contributed by atoms with van der Waals surface area (Å²) < 4.78 is 0. The molecule has 32 heavy (non-hydrogen) atoms. The Hall–Kier alpha value is -2.59. The summed E-state index contributed by atoms with van der Waals surface area (Å²) in [5.74, 6) is 0.0902. The van der Waals surface area contributed by atoms with E-state index in [0.717, 1.165) is 23.1 Å². The van der Waals surface area contributed by atoms with Gasteiger partial charge >= 0.3 is 0 Å². The zero-order chi connectivity index (χ0) is 22.3. The molecule has 0 unspecified atom stereocenters. The van der Waals surface area contributed by atoms with Crippen LogP contribution in [0.25, 0.3) is 0 Å². The first-order valence-electron chi connectivity index (χ1n) is 10.8. The molecule has 1 amide bonds. The van der Waals surface area contributed by atoms with Crippen molar-refractivity contribution in [2.45, 2.75) is 31.5 Å². The first-order valence-corrected chi connectivity index (χ1v) is 11.6. The van der Waals surface area contributed by atoms with Crippen LogP contribution in [0.2, 0.25) is 10.0 Å². The highest BCUT2D eigenvalue weighted by Crippen LogP contribution is 2.30. The maximum atomic E-state index is 14.0. The standard InChI is InChI=1S/C27H26Cl2N2O/c28-23-13-9-21(10-14-23)19-31-26(22-11-15-24(29)16-12-22)8-4-5-17-30-25(27(31)32)18-20-6-2-1-3-7-20/h1-7,9-16,25-26,30H,8,17-19H2/b5-4-/t25-,26-/m0/s1. The highest BCUT2D eigenvalue weighted by Gasteiger charge is 2.31. The van der Waals surface area contributed by atoms with Crippen molar-refractivity contribution in [1.82, 2.24) is 10.2 Å². The van der Waals surface area contributed by atoms with Crippen molar-refractivity contribution in [2.24, 2.45) is 0 Å². The molecule has 0 aliphatic carbocycles. The lowest BCUT2D eigenvalue weighted by Crippen LogP contribution is -2.48. The molecular formula is C27H26Cl2N2O. The molecule has 3 nitrogen and oxygen atoms in total. The normalized spacial score (nSPS) is 20.3. The maximum absolute atomic E-state index is 14.0. The van der Waals surface area contributed by atoms with Crippen LogP contribution in [0.3, 0.4) is 0 Å². The van der Waals surface area contributed by atoms with Crippen LogP contribution in [0.15, 0.2) is 91.0 Å². The molecule has 1 N–H and O–H groups in total. The molecule has 0 spiro atoms. The smallest absolute Gasteiger partial charge is 0.240 e. The number of nitrogens with zero attached hydrogens (tertiary/aromatic N) is 1. The van der Waals surface area contributed by atoms with Gasteiger partial charge in [-0.1, -0.05) is 90.0 Å². The van der Waals surface area contributed by atoms with E-state index < -0.39 is 0 Å². The summed E-state index contributed by atoms with van der Waals surface area (Å²) in [7, 11) is 0. The number of nitrogens with one attached hydrogen (secondary N) is 1. The fraction of sp³-hybridized carbons (Fsp3) is 0.222. The summed E-state index contributed by atoms with van der Waals surface area (Å²) in [6.45, 7) is 1.16. The summed E-state index contributed by atoms with van der Waals surface area (Å²) in [6, 6.07) is 25.2. The van der Waals surface area contributed by atoms with Crippen molar-refractivity contribution < 1.29 is 4.79 Å². The van der Waals surface area contributed by atoms with Crippen LogP contribution in [0, 0.1) is 0 Å².